The van der Waals surface area contributed by atoms with E-state index in [0.29, 0.717) is 5.88 Å². The van der Waals surface area contributed by atoms with Gasteiger partial charge in [-0.1, -0.05) is 12.1 Å². The number of hydrogen-bond acceptors (Lipinski definition) is 3. The summed E-state index contributed by atoms with van der Waals surface area (Å²) in [5, 5.41) is 0. The zero-order chi connectivity index (χ0) is 13.1. The second-order valence-corrected chi connectivity index (χ2v) is 4.52. The fourth-order valence-corrected chi connectivity index (χ4v) is 1.71. The van der Waals surface area contributed by atoms with Crippen molar-refractivity contribution in [3.05, 3.63) is 53.2 Å². The number of pyridine rings is 1. The summed E-state index contributed by atoms with van der Waals surface area (Å²) in [5.74, 6) is 1.42. The molecule has 3 nitrogen and oxygen atoms in total. The average molecular weight is 242 g/mol. The first-order valence-corrected chi connectivity index (χ1v) is 6.03. The number of rotatable bonds is 3. The van der Waals surface area contributed by atoms with E-state index < -0.39 is 0 Å². The van der Waals surface area contributed by atoms with E-state index in [0.717, 1.165) is 16.9 Å². The molecule has 0 fully saturated rings. The van der Waals surface area contributed by atoms with Crippen molar-refractivity contribution in [3.8, 4) is 11.6 Å². The summed E-state index contributed by atoms with van der Waals surface area (Å²) in [6.07, 6.45) is 1.72. The van der Waals surface area contributed by atoms with Crippen LogP contribution >= 0.6 is 0 Å². The highest BCUT2D eigenvalue weighted by Gasteiger charge is 2.06. The van der Waals surface area contributed by atoms with Crippen LogP contribution in [0.15, 0.2) is 36.5 Å². The topological polar surface area (TPSA) is 48.1 Å². The predicted molar refractivity (Wildman–Crippen MR) is 72.8 cm³/mol. The molecule has 2 rings (SSSR count). The van der Waals surface area contributed by atoms with Crippen molar-refractivity contribution in [2.45, 2.75) is 26.8 Å². The number of aryl methyl sites for hydroxylation is 1. The number of hydrogen-bond donors (Lipinski definition) is 1. The summed E-state index contributed by atoms with van der Waals surface area (Å²) in [7, 11) is 0. The van der Waals surface area contributed by atoms with Crippen LogP contribution < -0.4 is 10.5 Å². The van der Waals surface area contributed by atoms with Crippen LogP contribution in [0.2, 0.25) is 0 Å². The van der Waals surface area contributed by atoms with Gasteiger partial charge in [-0.25, -0.2) is 4.98 Å². The lowest BCUT2D eigenvalue weighted by atomic mass is 10.1. The van der Waals surface area contributed by atoms with Gasteiger partial charge in [0, 0.05) is 18.3 Å². The number of nitrogens with two attached hydrogens (primary N) is 1. The molecular weight excluding hydrogens is 224 g/mol. The van der Waals surface area contributed by atoms with Crippen molar-refractivity contribution in [1.82, 2.24) is 4.98 Å². The van der Waals surface area contributed by atoms with Gasteiger partial charge in [0.05, 0.1) is 0 Å². The Morgan fingerprint density at radius 1 is 1.22 bits per heavy atom. The fraction of sp³-hybridized carbons (Fsp3) is 0.267. The Bertz CT molecular complexity index is 550. The molecule has 1 atom stereocenters. The average Bonchev–Trinajstić information content (AvgIpc) is 2.35. The van der Waals surface area contributed by atoms with E-state index in [1.54, 1.807) is 6.20 Å². The molecule has 0 amide bonds. The van der Waals surface area contributed by atoms with Gasteiger partial charge in [-0.15, -0.1) is 0 Å². The monoisotopic (exact) mass is 242 g/mol. The quantitative estimate of drug-likeness (QED) is 0.896. The highest BCUT2D eigenvalue weighted by Crippen LogP contribution is 2.26. The Hall–Kier alpha value is -1.87. The molecule has 1 aromatic heterocycles. The van der Waals surface area contributed by atoms with Gasteiger partial charge in [0.25, 0.3) is 0 Å². The van der Waals surface area contributed by atoms with E-state index in [9.17, 15) is 0 Å². The molecule has 94 valence electrons. The molecule has 0 unspecified atom stereocenters. The second-order valence-electron chi connectivity index (χ2n) is 4.52. The van der Waals surface area contributed by atoms with Crippen LogP contribution in [0.3, 0.4) is 0 Å². The van der Waals surface area contributed by atoms with Crippen molar-refractivity contribution < 1.29 is 4.74 Å². The first kappa shape index (κ1) is 12.6. The molecule has 2 N–H and O–H groups in total. The minimum atomic E-state index is -0.0195. The van der Waals surface area contributed by atoms with Gasteiger partial charge < -0.3 is 10.5 Å². The summed E-state index contributed by atoms with van der Waals surface area (Å²) in [4.78, 5) is 4.21. The number of nitrogens with zero attached hydrogens (tertiary/aromatic N) is 1. The Kier molecular flexibility index (Phi) is 3.63. The van der Waals surface area contributed by atoms with Crippen molar-refractivity contribution in [2.24, 2.45) is 5.73 Å². The van der Waals surface area contributed by atoms with Crippen LogP contribution in [0.5, 0.6) is 11.6 Å². The van der Waals surface area contributed by atoms with Crippen LogP contribution in [0.4, 0.5) is 0 Å². The molecule has 0 bridgehead atoms. The smallest absolute Gasteiger partial charge is 0.219 e. The third-order valence-corrected chi connectivity index (χ3v) is 3.05. The van der Waals surface area contributed by atoms with Gasteiger partial charge in [0.15, 0.2) is 0 Å². The number of benzene rings is 1. The zero-order valence-electron chi connectivity index (χ0n) is 11.0. The normalized spacial score (nSPS) is 12.2. The van der Waals surface area contributed by atoms with Gasteiger partial charge in [-0.3, -0.25) is 0 Å². The predicted octanol–water partition coefficient (Wildman–Crippen LogP) is 3.51. The van der Waals surface area contributed by atoms with Gasteiger partial charge in [0.1, 0.15) is 5.75 Å². The molecule has 0 saturated carbocycles. The summed E-state index contributed by atoms with van der Waals surface area (Å²) in [6.45, 7) is 6.05. The van der Waals surface area contributed by atoms with Crippen molar-refractivity contribution >= 4 is 0 Å². The van der Waals surface area contributed by atoms with Crippen molar-refractivity contribution in [3.63, 3.8) is 0 Å². The van der Waals surface area contributed by atoms with Crippen molar-refractivity contribution in [2.75, 3.05) is 0 Å². The summed E-state index contributed by atoms with van der Waals surface area (Å²) < 4.78 is 5.81. The Morgan fingerprint density at radius 2 is 2.00 bits per heavy atom. The maximum absolute atomic E-state index is 5.85. The van der Waals surface area contributed by atoms with E-state index in [1.165, 1.54) is 5.56 Å². The summed E-state index contributed by atoms with van der Waals surface area (Å²) in [6, 6.07) is 9.76. The molecule has 0 radical (unpaired) electrons. The maximum atomic E-state index is 5.85. The fourth-order valence-electron chi connectivity index (χ4n) is 1.71. The standard InChI is InChI=1S/C15H18N2O/c1-10-5-4-6-14(11(10)2)18-15-9-13(12(3)16)7-8-17-15/h4-9,12H,16H2,1-3H3/t12-/m1/s1. The lowest BCUT2D eigenvalue weighted by molar-refractivity contribution is 0.457. The minimum absolute atomic E-state index is 0.0195. The number of ether oxygens (including phenoxy) is 1. The van der Waals surface area contributed by atoms with E-state index in [4.69, 9.17) is 10.5 Å². The van der Waals surface area contributed by atoms with E-state index in [-0.39, 0.29) is 6.04 Å². The van der Waals surface area contributed by atoms with E-state index in [1.807, 2.05) is 38.1 Å². The van der Waals surface area contributed by atoms with Gasteiger partial charge >= 0.3 is 0 Å². The molecule has 18 heavy (non-hydrogen) atoms. The molecular formula is C15H18N2O. The van der Waals surface area contributed by atoms with Gasteiger partial charge in [0.2, 0.25) is 5.88 Å². The minimum Gasteiger partial charge on any atom is -0.439 e. The molecule has 0 aliphatic carbocycles. The molecule has 1 aromatic carbocycles. The highest BCUT2D eigenvalue weighted by atomic mass is 16.5. The van der Waals surface area contributed by atoms with Crippen LogP contribution in [0.25, 0.3) is 0 Å². The van der Waals surface area contributed by atoms with Crippen LogP contribution in [-0.2, 0) is 0 Å². The SMILES string of the molecule is Cc1cccc(Oc2cc([C@@H](C)N)ccn2)c1C. The first-order chi connectivity index (χ1) is 8.58. The molecule has 3 heteroatoms. The second kappa shape index (κ2) is 5.19. The third kappa shape index (κ3) is 2.68. The molecule has 1 heterocycles. The molecule has 2 aromatic rings. The zero-order valence-corrected chi connectivity index (χ0v) is 11.0. The van der Waals surface area contributed by atoms with Crippen LogP contribution in [-0.4, -0.2) is 4.98 Å². The van der Waals surface area contributed by atoms with E-state index in [2.05, 4.69) is 18.0 Å². The van der Waals surface area contributed by atoms with Crippen LogP contribution in [0, 0.1) is 13.8 Å². The molecule has 0 saturated heterocycles. The Labute approximate surface area is 108 Å². The van der Waals surface area contributed by atoms with Gasteiger partial charge in [-0.2, -0.15) is 0 Å². The Morgan fingerprint density at radius 3 is 2.72 bits per heavy atom. The Balaban J connectivity index is 2.28. The highest BCUT2D eigenvalue weighted by molar-refractivity contribution is 5.40. The molecule has 0 aliphatic rings. The molecule has 0 spiro atoms. The maximum Gasteiger partial charge on any atom is 0.219 e. The number of aromatic nitrogens is 1. The third-order valence-electron chi connectivity index (χ3n) is 3.05. The van der Waals surface area contributed by atoms with Crippen molar-refractivity contribution in [1.29, 1.82) is 0 Å². The molecule has 0 aliphatic heterocycles. The first-order valence-electron chi connectivity index (χ1n) is 6.03. The largest absolute Gasteiger partial charge is 0.439 e. The van der Waals surface area contributed by atoms with E-state index >= 15 is 0 Å². The van der Waals surface area contributed by atoms with Gasteiger partial charge in [-0.05, 0) is 49.6 Å². The lowest BCUT2D eigenvalue weighted by Crippen LogP contribution is -2.05. The summed E-state index contributed by atoms with van der Waals surface area (Å²) in [5.41, 5.74) is 9.20. The summed E-state index contributed by atoms with van der Waals surface area (Å²) >= 11 is 0. The lowest BCUT2D eigenvalue weighted by Gasteiger charge is -2.11. The van der Waals surface area contributed by atoms with Crippen LogP contribution in [0.1, 0.15) is 29.7 Å².